The van der Waals surface area contributed by atoms with E-state index in [4.69, 9.17) is 22.6 Å². The van der Waals surface area contributed by atoms with Gasteiger partial charge in [0.2, 0.25) is 0 Å². The number of halogens is 1. The van der Waals surface area contributed by atoms with E-state index in [0.29, 0.717) is 29.5 Å². The molecule has 0 unspecified atom stereocenters. The Morgan fingerprint density at radius 2 is 2.10 bits per heavy atom. The van der Waals surface area contributed by atoms with Crippen LogP contribution in [0, 0.1) is 11.3 Å². The zero-order valence-corrected chi connectivity index (χ0v) is 12.4. The van der Waals surface area contributed by atoms with Gasteiger partial charge in [0.25, 0.3) is 5.91 Å². The molecule has 2 rings (SSSR count). The van der Waals surface area contributed by atoms with Gasteiger partial charge < -0.3 is 16.0 Å². The molecule has 0 bridgehead atoms. The van der Waals surface area contributed by atoms with E-state index < -0.39 is 0 Å². The fourth-order valence-corrected chi connectivity index (χ4v) is 2.36. The van der Waals surface area contributed by atoms with Crippen LogP contribution in [-0.4, -0.2) is 23.9 Å². The molecular weight excluding hydrogens is 288 g/mol. The lowest BCUT2D eigenvalue weighted by Gasteiger charge is -2.26. The highest BCUT2D eigenvalue weighted by molar-refractivity contribution is 6.33. The van der Waals surface area contributed by atoms with Crippen LogP contribution in [0.5, 0.6) is 0 Å². The maximum atomic E-state index is 12.2. The van der Waals surface area contributed by atoms with Gasteiger partial charge in [0.05, 0.1) is 10.7 Å². The number of likely N-dealkylation sites (tertiary alicyclic amines) is 1. The first-order valence-electron chi connectivity index (χ1n) is 6.83. The van der Waals surface area contributed by atoms with Crippen molar-refractivity contribution in [3.63, 3.8) is 0 Å². The molecule has 3 N–H and O–H groups in total. The summed E-state index contributed by atoms with van der Waals surface area (Å²) >= 11 is 5.92. The summed E-state index contributed by atoms with van der Waals surface area (Å²) in [7, 11) is 0. The van der Waals surface area contributed by atoms with E-state index in [2.05, 4.69) is 5.32 Å². The van der Waals surface area contributed by atoms with Crippen LogP contribution in [0.25, 0.3) is 0 Å². The smallest absolute Gasteiger partial charge is 0.266 e. The fourth-order valence-electron chi connectivity index (χ4n) is 2.18. The number of hydrogen-bond acceptors (Lipinski definition) is 4. The molecule has 0 aliphatic carbocycles. The maximum absolute atomic E-state index is 12.2. The Bertz CT molecular complexity index is 600. The molecule has 1 saturated heterocycles. The van der Waals surface area contributed by atoms with Crippen molar-refractivity contribution in [1.29, 1.82) is 5.26 Å². The normalized spacial score (nSPS) is 15.4. The molecular formula is C15H17ClN4O. The van der Waals surface area contributed by atoms with Crippen LogP contribution in [0.15, 0.2) is 30.0 Å². The van der Waals surface area contributed by atoms with Crippen molar-refractivity contribution in [2.45, 2.75) is 19.3 Å². The lowest BCUT2D eigenvalue weighted by Crippen LogP contribution is -2.36. The Hall–Kier alpha value is -2.19. The number of piperidine rings is 1. The number of nitrogens with one attached hydrogen (secondary N) is 1. The molecule has 0 aromatic heterocycles. The van der Waals surface area contributed by atoms with Crippen LogP contribution in [0.3, 0.4) is 0 Å². The van der Waals surface area contributed by atoms with Gasteiger partial charge in [-0.2, -0.15) is 5.26 Å². The number of nitrogen functional groups attached to an aromatic ring is 1. The van der Waals surface area contributed by atoms with Gasteiger partial charge in [-0.1, -0.05) is 11.6 Å². The van der Waals surface area contributed by atoms with E-state index in [0.717, 1.165) is 19.3 Å². The van der Waals surface area contributed by atoms with Crippen molar-refractivity contribution in [2.24, 2.45) is 0 Å². The Labute approximate surface area is 129 Å². The van der Waals surface area contributed by atoms with Crippen LogP contribution in [0.4, 0.5) is 11.4 Å². The monoisotopic (exact) mass is 304 g/mol. The average Bonchev–Trinajstić information content (AvgIpc) is 2.52. The first kappa shape index (κ1) is 15.2. The highest BCUT2D eigenvalue weighted by Crippen LogP contribution is 2.22. The molecule has 1 aliphatic rings. The molecule has 110 valence electrons. The minimum Gasteiger partial charge on any atom is -0.398 e. The molecule has 1 heterocycles. The summed E-state index contributed by atoms with van der Waals surface area (Å²) in [5, 5.41) is 12.5. The molecule has 1 fully saturated rings. The molecule has 0 atom stereocenters. The highest BCUT2D eigenvalue weighted by atomic mass is 35.5. The van der Waals surface area contributed by atoms with Gasteiger partial charge in [0.15, 0.2) is 0 Å². The van der Waals surface area contributed by atoms with Crippen molar-refractivity contribution < 1.29 is 4.79 Å². The largest absolute Gasteiger partial charge is 0.398 e. The number of nitrogens with two attached hydrogens (primary N) is 1. The predicted molar refractivity (Wildman–Crippen MR) is 83.6 cm³/mol. The maximum Gasteiger partial charge on any atom is 0.266 e. The Morgan fingerprint density at radius 1 is 1.38 bits per heavy atom. The van der Waals surface area contributed by atoms with Crippen LogP contribution < -0.4 is 11.1 Å². The van der Waals surface area contributed by atoms with E-state index in [1.165, 1.54) is 6.20 Å². The van der Waals surface area contributed by atoms with Gasteiger partial charge in [-0.05, 0) is 37.5 Å². The molecule has 1 aromatic carbocycles. The third kappa shape index (κ3) is 3.89. The summed E-state index contributed by atoms with van der Waals surface area (Å²) in [6, 6.07) is 6.99. The van der Waals surface area contributed by atoms with Crippen molar-refractivity contribution in [1.82, 2.24) is 4.90 Å². The average molecular weight is 305 g/mol. The molecule has 5 nitrogen and oxygen atoms in total. The number of benzene rings is 1. The first-order valence-corrected chi connectivity index (χ1v) is 7.20. The third-order valence-corrected chi connectivity index (χ3v) is 3.71. The zero-order chi connectivity index (χ0) is 15.2. The second-order valence-electron chi connectivity index (χ2n) is 4.90. The first-order chi connectivity index (χ1) is 10.1. The summed E-state index contributed by atoms with van der Waals surface area (Å²) < 4.78 is 0. The van der Waals surface area contributed by atoms with Gasteiger partial charge in [-0.15, -0.1) is 0 Å². The molecule has 1 amide bonds. The number of anilines is 2. The summed E-state index contributed by atoms with van der Waals surface area (Å²) in [5.41, 5.74) is 6.87. The number of nitrogens with zero attached hydrogens (tertiary/aromatic N) is 2. The summed E-state index contributed by atoms with van der Waals surface area (Å²) in [6.45, 7) is 1.43. The van der Waals surface area contributed by atoms with Crippen molar-refractivity contribution >= 4 is 28.9 Å². The predicted octanol–water partition coefficient (Wildman–Crippen LogP) is 2.75. The number of amides is 1. The lowest BCUT2D eigenvalue weighted by atomic mass is 10.1. The molecule has 0 spiro atoms. The number of rotatable bonds is 3. The summed E-state index contributed by atoms with van der Waals surface area (Å²) in [4.78, 5) is 13.9. The molecule has 0 saturated carbocycles. The number of carbonyl (C=O) groups is 1. The molecule has 1 aliphatic heterocycles. The Morgan fingerprint density at radius 3 is 2.71 bits per heavy atom. The molecule has 6 heteroatoms. The summed E-state index contributed by atoms with van der Waals surface area (Å²) in [6.07, 6.45) is 4.53. The van der Waals surface area contributed by atoms with Crippen molar-refractivity contribution in [2.75, 3.05) is 24.1 Å². The van der Waals surface area contributed by atoms with E-state index in [9.17, 15) is 4.79 Å². The van der Waals surface area contributed by atoms with E-state index >= 15 is 0 Å². The van der Waals surface area contributed by atoms with Crippen molar-refractivity contribution in [3.05, 3.63) is 35.0 Å². The minimum atomic E-state index is -0.230. The standard InChI is InChI=1S/C15H17ClN4O/c16-13-8-12(4-5-14(13)18)19-10-11(9-17)15(21)20-6-2-1-3-7-20/h4-5,8,10,19H,1-3,6-7,18H2/b11-10-. The van der Waals surface area contributed by atoms with Crippen LogP contribution in [0.1, 0.15) is 19.3 Å². The second kappa shape index (κ2) is 7.00. The van der Waals surface area contributed by atoms with Crippen LogP contribution >= 0.6 is 11.6 Å². The van der Waals surface area contributed by atoms with Gasteiger partial charge in [0.1, 0.15) is 11.6 Å². The fraction of sp³-hybridized carbons (Fsp3) is 0.333. The van der Waals surface area contributed by atoms with Crippen molar-refractivity contribution in [3.8, 4) is 6.07 Å². The zero-order valence-electron chi connectivity index (χ0n) is 11.6. The molecule has 1 aromatic rings. The van der Waals surface area contributed by atoms with Crippen LogP contribution in [0.2, 0.25) is 5.02 Å². The quantitative estimate of drug-likeness (QED) is 0.511. The third-order valence-electron chi connectivity index (χ3n) is 3.38. The van der Waals surface area contributed by atoms with Crippen LogP contribution in [-0.2, 0) is 4.79 Å². The lowest BCUT2D eigenvalue weighted by molar-refractivity contribution is -0.127. The molecule has 0 radical (unpaired) electrons. The van der Waals surface area contributed by atoms with E-state index in [1.807, 2.05) is 6.07 Å². The minimum absolute atomic E-state index is 0.0878. The summed E-state index contributed by atoms with van der Waals surface area (Å²) in [5.74, 6) is -0.230. The number of hydrogen-bond donors (Lipinski definition) is 2. The van der Waals surface area contributed by atoms with E-state index in [1.54, 1.807) is 23.1 Å². The van der Waals surface area contributed by atoms with E-state index in [-0.39, 0.29) is 11.5 Å². The number of carbonyl (C=O) groups excluding carboxylic acids is 1. The Balaban J connectivity index is 2.07. The second-order valence-corrected chi connectivity index (χ2v) is 5.31. The SMILES string of the molecule is N#C/C(=C/Nc1ccc(N)c(Cl)c1)C(=O)N1CCCCC1. The molecule has 21 heavy (non-hydrogen) atoms. The Kier molecular flexibility index (Phi) is 5.07. The van der Waals surface area contributed by atoms with Gasteiger partial charge in [-0.25, -0.2) is 0 Å². The van der Waals surface area contributed by atoms with Gasteiger partial charge in [0, 0.05) is 25.0 Å². The van der Waals surface area contributed by atoms with Gasteiger partial charge in [-0.3, -0.25) is 4.79 Å². The topological polar surface area (TPSA) is 82.1 Å². The number of nitriles is 1. The van der Waals surface area contributed by atoms with Gasteiger partial charge >= 0.3 is 0 Å². The highest BCUT2D eigenvalue weighted by Gasteiger charge is 2.20.